The molecule has 1 aromatic carbocycles. The van der Waals surface area contributed by atoms with Crippen LogP contribution in [0.25, 0.3) is 22.4 Å². The first kappa shape index (κ1) is 24.9. The van der Waals surface area contributed by atoms with Gasteiger partial charge in [-0.2, -0.15) is 10.1 Å². The fraction of sp³-hybridized carbons (Fsp3) is 0.375. The van der Waals surface area contributed by atoms with Crippen LogP contribution in [0.1, 0.15) is 17.3 Å². The van der Waals surface area contributed by atoms with Gasteiger partial charge in [0, 0.05) is 50.9 Å². The van der Waals surface area contributed by atoms with E-state index in [0.29, 0.717) is 24.6 Å². The monoisotopic (exact) mass is 495 g/mol. The van der Waals surface area contributed by atoms with Crippen molar-refractivity contribution >= 4 is 29.4 Å². The Morgan fingerprint density at radius 3 is 2.71 bits per heavy atom. The van der Waals surface area contributed by atoms with Crippen molar-refractivity contribution in [3.8, 4) is 11.4 Å². The van der Waals surface area contributed by atoms with Crippen LogP contribution in [0.15, 0.2) is 48.8 Å². The summed E-state index contributed by atoms with van der Waals surface area (Å²) in [6, 6.07) is 12.1. The van der Waals surface area contributed by atoms with Crippen LogP contribution in [0.4, 0.5) is 5.95 Å². The van der Waals surface area contributed by atoms with Crippen LogP contribution in [0.5, 0.6) is 0 Å². The van der Waals surface area contributed by atoms with E-state index in [-0.39, 0.29) is 18.3 Å². The smallest absolute Gasteiger partial charge is 0.224 e. The maximum atomic E-state index is 6.05. The number of fused-ring (bicyclic) bond motifs is 1. The van der Waals surface area contributed by atoms with E-state index in [0.717, 1.165) is 62.0 Å². The fourth-order valence-electron chi connectivity index (χ4n) is 4.15. The molecule has 1 aliphatic rings. The largest absolute Gasteiger partial charge is 0.379 e. The highest BCUT2D eigenvalue weighted by Gasteiger charge is 2.16. The SMILES string of the molecule is Cl.NCC(Cc1nccc(-c2[nH]nc3nc(NCCN4CCOCC4)ncc23)n1)c1ccccc1. The minimum Gasteiger partial charge on any atom is -0.379 e. The van der Waals surface area contributed by atoms with Crippen molar-refractivity contribution in [2.24, 2.45) is 5.73 Å². The van der Waals surface area contributed by atoms with Crippen molar-refractivity contribution in [3.05, 3.63) is 60.2 Å². The second-order valence-corrected chi connectivity index (χ2v) is 8.32. The van der Waals surface area contributed by atoms with Crippen LogP contribution in [-0.2, 0) is 11.2 Å². The van der Waals surface area contributed by atoms with Gasteiger partial charge in [-0.05, 0) is 18.2 Å². The van der Waals surface area contributed by atoms with E-state index in [1.54, 1.807) is 12.4 Å². The van der Waals surface area contributed by atoms with Crippen molar-refractivity contribution in [1.82, 2.24) is 35.0 Å². The molecule has 4 N–H and O–H groups in total. The molecule has 1 fully saturated rings. The van der Waals surface area contributed by atoms with E-state index in [2.05, 4.69) is 47.5 Å². The van der Waals surface area contributed by atoms with Crippen molar-refractivity contribution in [1.29, 1.82) is 0 Å². The van der Waals surface area contributed by atoms with Gasteiger partial charge in [-0.1, -0.05) is 30.3 Å². The highest BCUT2D eigenvalue weighted by atomic mass is 35.5. The Morgan fingerprint density at radius 1 is 1.09 bits per heavy atom. The molecule has 0 amide bonds. The molecule has 4 aromatic rings. The molecule has 4 heterocycles. The number of hydrogen-bond acceptors (Lipinski definition) is 9. The van der Waals surface area contributed by atoms with Gasteiger partial charge >= 0.3 is 0 Å². The Morgan fingerprint density at radius 2 is 1.91 bits per heavy atom. The van der Waals surface area contributed by atoms with E-state index in [1.807, 2.05) is 24.3 Å². The summed E-state index contributed by atoms with van der Waals surface area (Å²) in [5.74, 6) is 1.46. The van der Waals surface area contributed by atoms with Crippen molar-refractivity contribution in [3.63, 3.8) is 0 Å². The van der Waals surface area contributed by atoms with Gasteiger partial charge in [0.15, 0.2) is 5.65 Å². The molecule has 0 aliphatic carbocycles. The fourth-order valence-corrected chi connectivity index (χ4v) is 4.15. The minimum atomic E-state index is 0. The number of hydrogen-bond donors (Lipinski definition) is 3. The summed E-state index contributed by atoms with van der Waals surface area (Å²) in [4.78, 5) is 20.7. The van der Waals surface area contributed by atoms with Crippen LogP contribution >= 0.6 is 12.4 Å². The number of anilines is 1. The highest BCUT2D eigenvalue weighted by Crippen LogP contribution is 2.25. The van der Waals surface area contributed by atoms with Crippen LogP contribution < -0.4 is 11.1 Å². The Balaban J connectivity index is 0.00000289. The molecule has 0 spiro atoms. The summed E-state index contributed by atoms with van der Waals surface area (Å²) in [5.41, 5.74) is 9.37. The zero-order valence-corrected chi connectivity index (χ0v) is 20.2. The van der Waals surface area contributed by atoms with E-state index in [1.165, 1.54) is 5.56 Å². The van der Waals surface area contributed by atoms with E-state index >= 15 is 0 Å². The van der Waals surface area contributed by atoms with Crippen LogP contribution in [0, 0.1) is 0 Å². The second-order valence-electron chi connectivity index (χ2n) is 8.32. The van der Waals surface area contributed by atoms with Crippen molar-refractivity contribution in [2.45, 2.75) is 12.3 Å². The molecule has 11 heteroatoms. The molecule has 1 atom stereocenters. The molecule has 0 radical (unpaired) electrons. The second kappa shape index (κ2) is 12.0. The molecule has 0 saturated carbocycles. The van der Waals surface area contributed by atoms with Crippen LogP contribution in [0.2, 0.25) is 0 Å². The number of halogens is 1. The number of nitrogens with two attached hydrogens (primary N) is 1. The highest BCUT2D eigenvalue weighted by molar-refractivity contribution is 5.89. The lowest BCUT2D eigenvalue weighted by Crippen LogP contribution is -2.39. The topological polar surface area (TPSA) is 131 Å². The summed E-state index contributed by atoms with van der Waals surface area (Å²) in [6.45, 7) is 5.73. The van der Waals surface area contributed by atoms with Crippen LogP contribution in [0.3, 0.4) is 0 Å². The van der Waals surface area contributed by atoms with Gasteiger partial charge in [0.05, 0.1) is 30.0 Å². The maximum absolute atomic E-state index is 6.05. The lowest BCUT2D eigenvalue weighted by molar-refractivity contribution is 0.0398. The molecule has 3 aromatic heterocycles. The number of nitrogens with zero attached hydrogens (tertiary/aromatic N) is 6. The summed E-state index contributed by atoms with van der Waals surface area (Å²) < 4.78 is 5.39. The van der Waals surface area contributed by atoms with Gasteiger partial charge in [-0.25, -0.2) is 15.0 Å². The van der Waals surface area contributed by atoms with Gasteiger partial charge in [-0.15, -0.1) is 12.4 Å². The maximum Gasteiger partial charge on any atom is 0.224 e. The van der Waals surface area contributed by atoms with Crippen molar-refractivity contribution in [2.75, 3.05) is 51.3 Å². The predicted octanol–water partition coefficient (Wildman–Crippen LogP) is 2.26. The van der Waals surface area contributed by atoms with Crippen LogP contribution in [-0.4, -0.2) is 81.0 Å². The number of rotatable bonds is 9. The summed E-state index contributed by atoms with van der Waals surface area (Å²) in [6.07, 6.45) is 4.21. The number of H-pyrrole nitrogens is 1. The minimum absolute atomic E-state index is 0. The molecule has 10 nitrogen and oxygen atoms in total. The number of nitrogens with one attached hydrogen (secondary N) is 2. The molecular weight excluding hydrogens is 466 g/mol. The lowest BCUT2D eigenvalue weighted by Gasteiger charge is -2.26. The summed E-state index contributed by atoms with van der Waals surface area (Å²) in [5, 5.41) is 11.6. The van der Waals surface area contributed by atoms with Crippen molar-refractivity contribution < 1.29 is 4.74 Å². The number of aromatic nitrogens is 6. The Hall–Kier alpha value is -3.18. The molecule has 1 aliphatic heterocycles. The van der Waals surface area contributed by atoms with Gasteiger partial charge in [0.25, 0.3) is 0 Å². The zero-order valence-electron chi connectivity index (χ0n) is 19.4. The Labute approximate surface area is 210 Å². The summed E-state index contributed by atoms with van der Waals surface area (Å²) >= 11 is 0. The average Bonchev–Trinajstić information content (AvgIpc) is 3.32. The van der Waals surface area contributed by atoms with Gasteiger partial charge in [-0.3, -0.25) is 10.00 Å². The molecule has 0 bridgehead atoms. The quantitative estimate of drug-likeness (QED) is 0.320. The molecule has 35 heavy (non-hydrogen) atoms. The number of benzene rings is 1. The average molecular weight is 496 g/mol. The first-order valence-corrected chi connectivity index (χ1v) is 11.6. The first-order chi connectivity index (χ1) is 16.8. The molecule has 1 unspecified atom stereocenters. The molecule has 1 saturated heterocycles. The van der Waals surface area contributed by atoms with Gasteiger partial charge in [0.1, 0.15) is 5.82 Å². The van der Waals surface area contributed by atoms with Gasteiger partial charge in [0.2, 0.25) is 5.95 Å². The number of ether oxygens (including phenoxy) is 1. The number of aromatic amines is 1. The first-order valence-electron chi connectivity index (χ1n) is 11.6. The molecular formula is C24H30ClN9O. The third-order valence-electron chi connectivity index (χ3n) is 6.07. The molecule has 5 rings (SSSR count). The normalized spacial score (nSPS) is 15.0. The van der Waals surface area contributed by atoms with Gasteiger partial charge < -0.3 is 15.8 Å². The standard InChI is InChI=1S/C24H29N9O.ClH/c25-15-18(17-4-2-1-3-5-17)14-21-26-7-6-20(29-21)22-19-16-28-24(30-23(19)32-31-22)27-8-9-33-10-12-34-13-11-33;/h1-7,16,18H,8-15,25H2,(H2,27,28,30,31,32);1H. The predicted molar refractivity (Wildman–Crippen MR) is 138 cm³/mol. The number of morpholine rings is 1. The van der Waals surface area contributed by atoms with E-state index < -0.39 is 0 Å². The summed E-state index contributed by atoms with van der Waals surface area (Å²) in [7, 11) is 0. The molecule has 184 valence electrons. The van der Waals surface area contributed by atoms with E-state index in [4.69, 9.17) is 15.5 Å². The Kier molecular flexibility index (Phi) is 8.54. The lowest BCUT2D eigenvalue weighted by atomic mass is 9.95. The Bertz CT molecular complexity index is 1210. The third kappa shape index (κ3) is 6.09. The van der Waals surface area contributed by atoms with E-state index in [9.17, 15) is 0 Å². The third-order valence-corrected chi connectivity index (χ3v) is 6.07. The zero-order chi connectivity index (χ0) is 23.2.